The van der Waals surface area contributed by atoms with Crippen LogP contribution in [0.5, 0.6) is 0 Å². The Labute approximate surface area is 152 Å². The second-order valence-electron chi connectivity index (χ2n) is 9.45. The van der Waals surface area contributed by atoms with Crippen molar-refractivity contribution in [3.63, 3.8) is 0 Å². The minimum Gasteiger partial charge on any atom is -0.395 e. The van der Waals surface area contributed by atoms with Crippen molar-refractivity contribution >= 4 is 0 Å². The first kappa shape index (κ1) is 18.2. The first-order chi connectivity index (χ1) is 12.1. The minimum absolute atomic E-state index is 0.237. The van der Waals surface area contributed by atoms with Gasteiger partial charge < -0.3 is 14.9 Å². The summed E-state index contributed by atoms with van der Waals surface area (Å²) in [5.41, 5.74) is 0.449. The van der Waals surface area contributed by atoms with Gasteiger partial charge in [-0.05, 0) is 61.7 Å². The van der Waals surface area contributed by atoms with Gasteiger partial charge in [-0.15, -0.1) is 0 Å². The van der Waals surface area contributed by atoms with E-state index in [9.17, 15) is 5.11 Å². The topological polar surface area (TPSA) is 56.2 Å². The summed E-state index contributed by atoms with van der Waals surface area (Å²) in [6.45, 7) is 7.01. The van der Waals surface area contributed by atoms with Gasteiger partial charge in [0.1, 0.15) is 0 Å². The zero-order valence-corrected chi connectivity index (χ0v) is 15.6. The molecule has 5 fully saturated rings. The maximum atomic E-state index is 10.4. The van der Waals surface area contributed by atoms with Crippen LogP contribution in [0.3, 0.4) is 0 Å². The van der Waals surface area contributed by atoms with Gasteiger partial charge in [0.2, 0.25) is 0 Å². The monoisotopic (exact) mass is 352 g/mol. The number of aliphatic hydroxyl groups is 2. The van der Waals surface area contributed by atoms with Crippen LogP contribution in [0.4, 0.5) is 0 Å². The molecule has 1 heterocycles. The molecule has 0 amide bonds. The summed E-state index contributed by atoms with van der Waals surface area (Å²) in [4.78, 5) is 4.61. The van der Waals surface area contributed by atoms with Crippen molar-refractivity contribution in [3.8, 4) is 0 Å². The Morgan fingerprint density at radius 3 is 2.04 bits per heavy atom. The molecule has 0 aromatic heterocycles. The number of hydrogen-bond donors (Lipinski definition) is 2. The van der Waals surface area contributed by atoms with E-state index >= 15 is 0 Å². The van der Waals surface area contributed by atoms with E-state index in [1.807, 2.05) is 0 Å². The predicted octanol–water partition coefficient (Wildman–Crippen LogP) is 1.19. The normalized spacial score (nSPS) is 39.8. The Balaban J connectivity index is 1.16. The second-order valence-corrected chi connectivity index (χ2v) is 9.45. The molecule has 0 aromatic rings. The van der Waals surface area contributed by atoms with Crippen LogP contribution < -0.4 is 0 Å². The molecule has 1 atom stereocenters. The second kappa shape index (κ2) is 7.81. The number of rotatable bonds is 8. The number of hydrogen-bond acceptors (Lipinski definition) is 5. The maximum absolute atomic E-state index is 10.4. The van der Waals surface area contributed by atoms with Crippen molar-refractivity contribution in [2.75, 3.05) is 59.1 Å². The number of ether oxygens (including phenoxy) is 1. The van der Waals surface area contributed by atoms with E-state index in [1.165, 1.54) is 38.5 Å². The summed E-state index contributed by atoms with van der Waals surface area (Å²) in [5, 5.41) is 19.4. The van der Waals surface area contributed by atoms with E-state index < -0.39 is 0 Å². The van der Waals surface area contributed by atoms with E-state index in [1.54, 1.807) is 0 Å². The van der Waals surface area contributed by atoms with Crippen molar-refractivity contribution in [2.24, 2.45) is 23.2 Å². The van der Waals surface area contributed by atoms with Gasteiger partial charge >= 0.3 is 0 Å². The van der Waals surface area contributed by atoms with Crippen LogP contribution in [0.1, 0.15) is 38.5 Å². The molecule has 5 nitrogen and oxygen atoms in total. The molecule has 2 N–H and O–H groups in total. The average Bonchev–Trinajstić information content (AvgIpc) is 2.55. The molecule has 144 valence electrons. The number of β-amino-alcohol motifs (C(OH)–C–C–N with tert-alkyl or cyclic N) is 2. The van der Waals surface area contributed by atoms with Crippen molar-refractivity contribution in [2.45, 2.75) is 44.6 Å². The number of piperazine rings is 1. The van der Waals surface area contributed by atoms with Gasteiger partial charge in [0.25, 0.3) is 0 Å². The molecule has 4 aliphatic carbocycles. The fraction of sp³-hybridized carbons (Fsp3) is 1.00. The van der Waals surface area contributed by atoms with Gasteiger partial charge in [-0.1, -0.05) is 0 Å². The molecule has 0 radical (unpaired) electrons. The Kier molecular flexibility index (Phi) is 5.68. The van der Waals surface area contributed by atoms with Gasteiger partial charge in [0.15, 0.2) is 0 Å². The standard InChI is InChI=1S/C20H36N2O3/c23-6-5-21-1-3-22(4-2-21)13-19(24)14-25-15-20-10-16-7-17(11-20)9-18(8-16)12-20/h16-19,23-24H,1-15H2/t16?,17?,18?,19-,20?/m0/s1. The summed E-state index contributed by atoms with van der Waals surface area (Å²) < 4.78 is 6.06. The van der Waals surface area contributed by atoms with Crippen molar-refractivity contribution in [3.05, 3.63) is 0 Å². The molecular formula is C20H36N2O3. The zero-order chi connectivity index (χ0) is 17.3. The molecule has 5 heteroatoms. The fourth-order valence-electron chi connectivity index (χ4n) is 6.57. The quantitative estimate of drug-likeness (QED) is 0.687. The molecule has 4 saturated carbocycles. The van der Waals surface area contributed by atoms with Crippen LogP contribution in [0.2, 0.25) is 0 Å². The van der Waals surface area contributed by atoms with Crippen LogP contribution in [-0.4, -0.2) is 85.2 Å². The lowest BCUT2D eigenvalue weighted by molar-refractivity contribution is -0.107. The molecule has 5 rings (SSSR count). The van der Waals surface area contributed by atoms with Gasteiger partial charge in [-0.25, -0.2) is 0 Å². The smallest absolute Gasteiger partial charge is 0.0900 e. The van der Waals surface area contributed by atoms with Crippen molar-refractivity contribution in [1.82, 2.24) is 9.80 Å². The molecule has 5 aliphatic rings. The molecule has 0 unspecified atom stereocenters. The Hall–Kier alpha value is -0.200. The summed E-state index contributed by atoms with van der Waals surface area (Å²) in [6, 6.07) is 0. The molecule has 25 heavy (non-hydrogen) atoms. The van der Waals surface area contributed by atoms with Crippen LogP contribution >= 0.6 is 0 Å². The molecule has 0 spiro atoms. The minimum atomic E-state index is -0.377. The van der Waals surface area contributed by atoms with Gasteiger partial charge in [0.05, 0.1) is 25.9 Å². The molecular weight excluding hydrogens is 316 g/mol. The highest BCUT2D eigenvalue weighted by Gasteiger charge is 2.50. The summed E-state index contributed by atoms with van der Waals surface area (Å²) in [7, 11) is 0. The predicted molar refractivity (Wildman–Crippen MR) is 97.4 cm³/mol. The third-order valence-corrected chi connectivity index (χ3v) is 7.23. The van der Waals surface area contributed by atoms with E-state index in [0.29, 0.717) is 18.6 Å². The highest BCUT2D eigenvalue weighted by atomic mass is 16.5. The van der Waals surface area contributed by atoms with E-state index in [4.69, 9.17) is 9.84 Å². The van der Waals surface area contributed by atoms with Crippen LogP contribution in [0.15, 0.2) is 0 Å². The first-order valence-corrected chi connectivity index (χ1v) is 10.5. The van der Waals surface area contributed by atoms with E-state index in [-0.39, 0.29) is 12.7 Å². The highest BCUT2D eigenvalue weighted by molar-refractivity contribution is 5.01. The van der Waals surface area contributed by atoms with Crippen LogP contribution in [-0.2, 0) is 4.74 Å². The lowest BCUT2D eigenvalue weighted by Gasteiger charge is -2.56. The molecule has 1 saturated heterocycles. The molecule has 4 bridgehead atoms. The van der Waals surface area contributed by atoms with Crippen molar-refractivity contribution < 1.29 is 14.9 Å². The van der Waals surface area contributed by atoms with Crippen LogP contribution in [0, 0.1) is 23.2 Å². The Morgan fingerprint density at radius 2 is 1.48 bits per heavy atom. The fourth-order valence-corrected chi connectivity index (χ4v) is 6.57. The summed E-state index contributed by atoms with van der Waals surface area (Å²) >= 11 is 0. The van der Waals surface area contributed by atoms with Crippen molar-refractivity contribution in [1.29, 1.82) is 0 Å². The third kappa shape index (κ3) is 4.38. The largest absolute Gasteiger partial charge is 0.395 e. The summed E-state index contributed by atoms with van der Waals surface area (Å²) in [5.74, 6) is 2.90. The van der Waals surface area contributed by atoms with Gasteiger partial charge in [0, 0.05) is 39.3 Å². The lowest BCUT2D eigenvalue weighted by Crippen LogP contribution is -2.50. The van der Waals surface area contributed by atoms with Crippen LogP contribution in [0.25, 0.3) is 0 Å². The number of nitrogens with zero attached hydrogens (tertiary/aromatic N) is 2. The average molecular weight is 353 g/mol. The molecule has 0 aromatic carbocycles. The zero-order valence-electron chi connectivity index (χ0n) is 15.6. The Bertz CT molecular complexity index is 401. The Morgan fingerprint density at radius 1 is 0.920 bits per heavy atom. The van der Waals surface area contributed by atoms with E-state index in [0.717, 1.165) is 57.1 Å². The number of aliphatic hydroxyl groups excluding tert-OH is 2. The maximum Gasteiger partial charge on any atom is 0.0900 e. The lowest BCUT2D eigenvalue weighted by atomic mass is 9.50. The third-order valence-electron chi connectivity index (χ3n) is 7.23. The first-order valence-electron chi connectivity index (χ1n) is 10.5. The highest BCUT2D eigenvalue weighted by Crippen LogP contribution is 2.60. The van der Waals surface area contributed by atoms with Gasteiger partial charge in [-0.2, -0.15) is 0 Å². The summed E-state index contributed by atoms with van der Waals surface area (Å²) in [6.07, 6.45) is 8.18. The van der Waals surface area contributed by atoms with E-state index in [2.05, 4.69) is 9.80 Å². The SMILES string of the molecule is OCCN1CCN(C[C@H](O)COCC23CC4CC(CC(C4)C2)C3)CC1. The molecule has 1 aliphatic heterocycles. The van der Waals surface area contributed by atoms with Gasteiger partial charge in [-0.3, -0.25) is 9.80 Å².